The molecule has 1 atom stereocenters. The second-order valence-corrected chi connectivity index (χ2v) is 3.61. The lowest BCUT2D eigenvalue weighted by Crippen LogP contribution is -2.02. The van der Waals surface area contributed by atoms with Crippen molar-refractivity contribution in [3.63, 3.8) is 0 Å². The van der Waals surface area contributed by atoms with E-state index in [1.807, 2.05) is 0 Å². The highest BCUT2D eigenvalue weighted by molar-refractivity contribution is 6.01. The summed E-state index contributed by atoms with van der Waals surface area (Å²) in [4.78, 5) is 10.9. The van der Waals surface area contributed by atoms with Crippen LogP contribution < -0.4 is 5.73 Å². The van der Waals surface area contributed by atoms with Crippen LogP contribution in [0.5, 0.6) is 0 Å². The van der Waals surface area contributed by atoms with E-state index >= 15 is 0 Å². The first-order chi connectivity index (χ1) is 7.49. The van der Waals surface area contributed by atoms with Gasteiger partial charge in [-0.25, -0.2) is 9.18 Å². The van der Waals surface area contributed by atoms with Gasteiger partial charge >= 0.3 is 5.97 Å². The van der Waals surface area contributed by atoms with Gasteiger partial charge in [-0.2, -0.15) is 0 Å². The average molecular weight is 223 g/mol. The van der Waals surface area contributed by atoms with Gasteiger partial charge in [0.1, 0.15) is 22.7 Å². The number of rotatable bonds is 2. The van der Waals surface area contributed by atoms with Gasteiger partial charge in [0.05, 0.1) is 6.04 Å². The van der Waals surface area contributed by atoms with Gasteiger partial charge in [-0.3, -0.25) is 0 Å². The average Bonchev–Trinajstić information content (AvgIpc) is 2.59. The lowest BCUT2D eigenvalue weighted by atomic mass is 10.1. The van der Waals surface area contributed by atoms with Crippen LogP contribution in [0.1, 0.15) is 29.1 Å². The standard InChI is InChI=1S/C11H10FNO3/c1-5(13)9-3-6-2-7(12)4-8(11(14)15)10(6)16-9/h2-5H,13H2,1H3,(H,14,15). The van der Waals surface area contributed by atoms with Gasteiger partial charge in [-0.15, -0.1) is 0 Å². The Bertz CT molecular complexity index is 560. The summed E-state index contributed by atoms with van der Waals surface area (Å²) in [6.07, 6.45) is 0. The molecule has 0 amide bonds. The van der Waals surface area contributed by atoms with E-state index in [1.54, 1.807) is 13.0 Å². The van der Waals surface area contributed by atoms with Crippen molar-refractivity contribution < 1.29 is 18.7 Å². The smallest absolute Gasteiger partial charge is 0.339 e. The monoisotopic (exact) mass is 223 g/mol. The molecule has 0 aliphatic heterocycles. The number of benzene rings is 1. The topological polar surface area (TPSA) is 76.5 Å². The summed E-state index contributed by atoms with van der Waals surface area (Å²) in [5.74, 6) is -1.40. The molecule has 0 fully saturated rings. The first kappa shape index (κ1) is 10.6. The normalized spacial score (nSPS) is 12.9. The zero-order valence-electron chi connectivity index (χ0n) is 8.53. The van der Waals surface area contributed by atoms with Crippen molar-refractivity contribution in [2.75, 3.05) is 0 Å². The lowest BCUT2D eigenvalue weighted by Gasteiger charge is -1.98. The Morgan fingerprint density at radius 1 is 1.50 bits per heavy atom. The van der Waals surface area contributed by atoms with Crippen molar-refractivity contribution in [1.29, 1.82) is 0 Å². The second kappa shape index (κ2) is 3.61. The van der Waals surface area contributed by atoms with Crippen molar-refractivity contribution in [3.8, 4) is 0 Å². The quantitative estimate of drug-likeness (QED) is 0.818. The number of aromatic carboxylic acids is 1. The fourth-order valence-corrected chi connectivity index (χ4v) is 1.52. The van der Waals surface area contributed by atoms with Crippen LogP contribution in [-0.2, 0) is 0 Å². The number of carboxylic acid groups (broad SMARTS) is 1. The fourth-order valence-electron chi connectivity index (χ4n) is 1.52. The maximum Gasteiger partial charge on any atom is 0.339 e. The molecule has 1 aromatic carbocycles. The Kier molecular flexibility index (Phi) is 2.40. The molecule has 1 aromatic heterocycles. The van der Waals surface area contributed by atoms with E-state index in [-0.39, 0.29) is 17.2 Å². The molecule has 1 unspecified atom stereocenters. The molecule has 0 saturated carbocycles. The minimum Gasteiger partial charge on any atom is -0.478 e. The number of hydrogen-bond donors (Lipinski definition) is 2. The minimum absolute atomic E-state index is 0.154. The Labute approximate surface area is 90.5 Å². The number of furan rings is 1. The van der Waals surface area contributed by atoms with E-state index in [4.69, 9.17) is 15.3 Å². The Balaban J connectivity index is 2.75. The molecule has 0 bridgehead atoms. The Morgan fingerprint density at radius 3 is 2.75 bits per heavy atom. The van der Waals surface area contributed by atoms with Crippen LogP contribution in [0.4, 0.5) is 4.39 Å². The van der Waals surface area contributed by atoms with Gasteiger partial charge in [-0.05, 0) is 25.1 Å². The Hall–Kier alpha value is -1.88. The molecule has 2 aromatic rings. The molecule has 3 N–H and O–H groups in total. The zero-order chi connectivity index (χ0) is 11.9. The molecule has 16 heavy (non-hydrogen) atoms. The number of hydrogen-bond acceptors (Lipinski definition) is 3. The summed E-state index contributed by atoms with van der Waals surface area (Å²) in [5, 5.41) is 9.30. The molecule has 84 valence electrons. The van der Waals surface area contributed by atoms with Gasteiger partial charge < -0.3 is 15.3 Å². The molecule has 2 rings (SSSR count). The van der Waals surface area contributed by atoms with Crippen molar-refractivity contribution in [2.24, 2.45) is 5.73 Å². The number of nitrogens with two attached hydrogens (primary N) is 1. The maximum absolute atomic E-state index is 13.1. The van der Waals surface area contributed by atoms with E-state index in [1.165, 1.54) is 6.07 Å². The highest BCUT2D eigenvalue weighted by Crippen LogP contribution is 2.27. The minimum atomic E-state index is -1.23. The third-order valence-corrected chi connectivity index (χ3v) is 2.28. The van der Waals surface area contributed by atoms with Crippen LogP contribution >= 0.6 is 0 Å². The lowest BCUT2D eigenvalue weighted by molar-refractivity contribution is 0.0697. The van der Waals surface area contributed by atoms with Gasteiger partial charge in [0, 0.05) is 5.39 Å². The van der Waals surface area contributed by atoms with Gasteiger partial charge in [-0.1, -0.05) is 0 Å². The summed E-state index contributed by atoms with van der Waals surface area (Å²) in [6.45, 7) is 1.70. The van der Waals surface area contributed by atoms with Crippen LogP contribution in [0.3, 0.4) is 0 Å². The predicted molar refractivity (Wildman–Crippen MR) is 55.7 cm³/mol. The molecular weight excluding hydrogens is 213 g/mol. The van der Waals surface area contributed by atoms with Crippen LogP contribution in [0.25, 0.3) is 11.0 Å². The molecule has 0 saturated heterocycles. The predicted octanol–water partition coefficient (Wildman–Crippen LogP) is 2.29. The van der Waals surface area contributed by atoms with Gasteiger partial charge in [0.2, 0.25) is 0 Å². The third-order valence-electron chi connectivity index (χ3n) is 2.28. The number of carbonyl (C=O) groups is 1. The Morgan fingerprint density at radius 2 is 2.19 bits per heavy atom. The van der Waals surface area contributed by atoms with Crippen LogP contribution in [0, 0.1) is 5.82 Å². The second-order valence-electron chi connectivity index (χ2n) is 3.61. The number of fused-ring (bicyclic) bond motifs is 1. The van der Waals surface area contributed by atoms with Crippen molar-refractivity contribution >= 4 is 16.9 Å². The van der Waals surface area contributed by atoms with E-state index < -0.39 is 11.8 Å². The van der Waals surface area contributed by atoms with Crippen LogP contribution in [0.2, 0.25) is 0 Å². The molecule has 1 heterocycles. The molecule has 0 aliphatic rings. The molecule has 0 spiro atoms. The first-order valence-electron chi connectivity index (χ1n) is 4.71. The summed E-state index contributed by atoms with van der Waals surface area (Å²) in [7, 11) is 0. The molecule has 5 heteroatoms. The van der Waals surface area contributed by atoms with Crippen LogP contribution in [0.15, 0.2) is 22.6 Å². The highest BCUT2D eigenvalue weighted by Gasteiger charge is 2.16. The van der Waals surface area contributed by atoms with Gasteiger partial charge in [0.15, 0.2) is 0 Å². The molecule has 0 radical (unpaired) electrons. The fraction of sp³-hybridized carbons (Fsp3) is 0.182. The van der Waals surface area contributed by atoms with Crippen molar-refractivity contribution in [1.82, 2.24) is 0 Å². The SMILES string of the molecule is CC(N)c1cc2cc(F)cc(C(=O)O)c2o1. The van der Waals surface area contributed by atoms with E-state index in [0.29, 0.717) is 11.1 Å². The number of halogens is 1. The molecular formula is C11H10FNO3. The van der Waals surface area contributed by atoms with E-state index in [0.717, 1.165) is 6.07 Å². The summed E-state index contributed by atoms with van der Waals surface area (Å²) < 4.78 is 18.4. The number of carboxylic acids is 1. The van der Waals surface area contributed by atoms with Crippen molar-refractivity contribution in [3.05, 3.63) is 35.3 Å². The van der Waals surface area contributed by atoms with Gasteiger partial charge in [0.25, 0.3) is 0 Å². The highest BCUT2D eigenvalue weighted by atomic mass is 19.1. The van der Waals surface area contributed by atoms with E-state index in [2.05, 4.69) is 0 Å². The third kappa shape index (κ3) is 1.65. The zero-order valence-corrected chi connectivity index (χ0v) is 8.53. The summed E-state index contributed by atoms with van der Waals surface area (Å²) in [5.41, 5.74) is 5.57. The van der Waals surface area contributed by atoms with E-state index in [9.17, 15) is 9.18 Å². The van der Waals surface area contributed by atoms with Crippen LogP contribution in [-0.4, -0.2) is 11.1 Å². The summed E-state index contributed by atoms with van der Waals surface area (Å²) >= 11 is 0. The molecule has 4 nitrogen and oxygen atoms in total. The maximum atomic E-state index is 13.1. The summed E-state index contributed by atoms with van der Waals surface area (Å²) in [6, 6.07) is 3.34. The van der Waals surface area contributed by atoms with Crippen molar-refractivity contribution in [2.45, 2.75) is 13.0 Å². The largest absolute Gasteiger partial charge is 0.478 e. The first-order valence-corrected chi connectivity index (χ1v) is 4.71. The molecule has 0 aliphatic carbocycles.